The van der Waals surface area contributed by atoms with Crippen molar-refractivity contribution >= 4 is 17.1 Å². The van der Waals surface area contributed by atoms with Crippen LogP contribution in [0.4, 0.5) is 5.95 Å². The smallest absolute Gasteiger partial charge is 0.329 e. The van der Waals surface area contributed by atoms with Crippen molar-refractivity contribution < 1.29 is 0 Å². The van der Waals surface area contributed by atoms with E-state index in [-0.39, 0.29) is 0 Å². The molecule has 0 spiro atoms. The zero-order valence-electron chi connectivity index (χ0n) is 10.4. The number of H-pyrrole nitrogens is 1. The van der Waals surface area contributed by atoms with Gasteiger partial charge in [-0.2, -0.15) is 4.98 Å². The summed E-state index contributed by atoms with van der Waals surface area (Å²) in [4.78, 5) is 29.9. The lowest BCUT2D eigenvalue weighted by Crippen LogP contribution is -2.29. The van der Waals surface area contributed by atoms with Gasteiger partial charge >= 0.3 is 5.69 Å². The van der Waals surface area contributed by atoms with E-state index in [0.29, 0.717) is 30.2 Å². The van der Waals surface area contributed by atoms with E-state index in [0.717, 1.165) is 0 Å². The van der Waals surface area contributed by atoms with Crippen LogP contribution < -0.4 is 16.6 Å². The third-order valence-electron chi connectivity index (χ3n) is 2.73. The molecule has 0 aliphatic rings. The van der Waals surface area contributed by atoms with Gasteiger partial charge in [-0.25, -0.2) is 4.79 Å². The molecule has 0 aromatic carbocycles. The lowest BCUT2D eigenvalue weighted by Gasteiger charge is -2.05. The Hall–Kier alpha value is -2.31. The van der Waals surface area contributed by atoms with Crippen molar-refractivity contribution in [1.82, 2.24) is 19.1 Å². The molecule has 0 fully saturated rings. The average Bonchev–Trinajstić information content (AvgIpc) is 2.72. The third-order valence-corrected chi connectivity index (χ3v) is 2.73. The number of anilines is 1. The molecule has 0 saturated carbocycles. The second kappa shape index (κ2) is 4.52. The van der Waals surface area contributed by atoms with Gasteiger partial charge in [0, 0.05) is 20.1 Å². The minimum atomic E-state index is -0.469. The molecule has 0 amide bonds. The average molecular weight is 249 g/mol. The fourth-order valence-electron chi connectivity index (χ4n) is 1.84. The van der Waals surface area contributed by atoms with E-state index in [1.165, 1.54) is 4.57 Å². The monoisotopic (exact) mass is 249 g/mol. The first-order valence-corrected chi connectivity index (χ1v) is 5.64. The molecule has 0 bridgehead atoms. The van der Waals surface area contributed by atoms with E-state index in [1.54, 1.807) is 17.7 Å². The summed E-state index contributed by atoms with van der Waals surface area (Å²) >= 11 is 0. The van der Waals surface area contributed by atoms with Crippen LogP contribution in [0.3, 0.4) is 0 Å². The number of hydrogen-bond donors (Lipinski definition) is 2. The molecule has 7 nitrogen and oxygen atoms in total. The van der Waals surface area contributed by atoms with Crippen LogP contribution in [0.1, 0.15) is 6.92 Å². The summed E-state index contributed by atoms with van der Waals surface area (Å²) in [5.41, 5.74) is -0.124. The zero-order valence-corrected chi connectivity index (χ0v) is 10.4. The van der Waals surface area contributed by atoms with Gasteiger partial charge in [0.05, 0.1) is 0 Å². The van der Waals surface area contributed by atoms with E-state index >= 15 is 0 Å². The van der Waals surface area contributed by atoms with Gasteiger partial charge in [-0.3, -0.25) is 14.3 Å². The van der Waals surface area contributed by atoms with E-state index in [4.69, 9.17) is 0 Å². The van der Waals surface area contributed by atoms with Crippen LogP contribution in [0.5, 0.6) is 0 Å². The molecule has 2 N–H and O–H groups in total. The summed E-state index contributed by atoms with van der Waals surface area (Å²) in [7, 11) is 1.57. The highest BCUT2D eigenvalue weighted by molar-refractivity contribution is 5.74. The Labute approximate surface area is 103 Å². The highest BCUT2D eigenvalue weighted by Crippen LogP contribution is 2.14. The predicted octanol–water partition coefficient (Wildman–Crippen LogP) is 0.0411. The summed E-state index contributed by atoms with van der Waals surface area (Å²) in [6.07, 6.45) is 1.70. The zero-order chi connectivity index (χ0) is 13.3. The molecule has 0 radical (unpaired) electrons. The first-order valence-electron chi connectivity index (χ1n) is 5.64. The first kappa shape index (κ1) is 12.2. The van der Waals surface area contributed by atoms with Crippen molar-refractivity contribution in [3.05, 3.63) is 33.5 Å². The first-order chi connectivity index (χ1) is 8.60. The van der Waals surface area contributed by atoms with E-state index in [2.05, 4.69) is 21.9 Å². The Morgan fingerprint density at radius 1 is 1.50 bits per heavy atom. The molecule has 0 unspecified atom stereocenters. The number of nitrogens with zero attached hydrogens (tertiary/aromatic N) is 3. The number of rotatable bonds is 4. The lowest BCUT2D eigenvalue weighted by molar-refractivity contribution is 0.781. The number of nitrogens with one attached hydrogen (secondary N) is 2. The fraction of sp³-hybridized carbons (Fsp3) is 0.364. The quantitative estimate of drug-likeness (QED) is 0.749. The molecule has 2 aromatic rings. The van der Waals surface area contributed by atoms with Gasteiger partial charge in [-0.15, -0.1) is 6.58 Å². The highest BCUT2D eigenvalue weighted by Gasteiger charge is 2.15. The van der Waals surface area contributed by atoms with Crippen molar-refractivity contribution in [2.75, 3.05) is 11.9 Å². The molecule has 0 saturated heterocycles. The number of hydrogen-bond acceptors (Lipinski definition) is 4. The van der Waals surface area contributed by atoms with Crippen molar-refractivity contribution in [3.8, 4) is 0 Å². The maximum Gasteiger partial charge on any atom is 0.329 e. The van der Waals surface area contributed by atoms with Crippen molar-refractivity contribution in [3.63, 3.8) is 0 Å². The van der Waals surface area contributed by atoms with Gasteiger partial charge in [0.2, 0.25) is 5.95 Å². The highest BCUT2D eigenvalue weighted by atomic mass is 16.2. The summed E-state index contributed by atoms with van der Waals surface area (Å²) < 4.78 is 3.05. The van der Waals surface area contributed by atoms with E-state index < -0.39 is 11.2 Å². The Morgan fingerprint density at radius 2 is 2.22 bits per heavy atom. The van der Waals surface area contributed by atoms with Gasteiger partial charge in [0.1, 0.15) is 0 Å². The number of aromatic nitrogens is 4. The topological polar surface area (TPSA) is 84.7 Å². The van der Waals surface area contributed by atoms with Crippen molar-refractivity contribution in [1.29, 1.82) is 0 Å². The lowest BCUT2D eigenvalue weighted by atomic mass is 10.5. The molecule has 96 valence electrons. The van der Waals surface area contributed by atoms with E-state index in [9.17, 15) is 9.59 Å². The number of aromatic amines is 1. The van der Waals surface area contributed by atoms with Gasteiger partial charge in [-0.05, 0) is 6.92 Å². The largest absolute Gasteiger partial charge is 0.352 e. The molecule has 7 heteroatoms. The van der Waals surface area contributed by atoms with Crippen LogP contribution in [0.2, 0.25) is 0 Å². The van der Waals surface area contributed by atoms with Crippen LogP contribution in [-0.4, -0.2) is 25.6 Å². The second-order valence-electron chi connectivity index (χ2n) is 3.84. The standard InChI is InChI=1S/C11H15N5O2/c1-4-6-12-10-13-8-7(16(10)5-2)9(17)14-11(18)15(8)3/h4H,1,5-6H2,2-3H3,(H,12,13)(H,14,17,18). The predicted molar refractivity (Wildman–Crippen MR) is 70.0 cm³/mol. The molecule has 0 aliphatic heterocycles. The Kier molecular flexibility index (Phi) is 3.05. The van der Waals surface area contributed by atoms with Crippen LogP contribution in [-0.2, 0) is 13.6 Å². The van der Waals surface area contributed by atoms with Crippen LogP contribution in [0.15, 0.2) is 22.2 Å². The molecule has 2 aromatic heterocycles. The molecule has 2 rings (SSSR count). The number of imidazole rings is 1. The minimum absolute atomic E-state index is 0.372. The molecule has 18 heavy (non-hydrogen) atoms. The normalized spacial score (nSPS) is 10.8. The molecular formula is C11H15N5O2. The summed E-state index contributed by atoms with van der Waals surface area (Å²) in [5, 5.41) is 3.04. The second-order valence-corrected chi connectivity index (χ2v) is 3.84. The van der Waals surface area contributed by atoms with Gasteiger partial charge < -0.3 is 9.88 Å². The van der Waals surface area contributed by atoms with Gasteiger partial charge in [0.25, 0.3) is 5.56 Å². The molecule has 2 heterocycles. The molecular weight excluding hydrogens is 234 g/mol. The van der Waals surface area contributed by atoms with Crippen molar-refractivity contribution in [2.24, 2.45) is 7.05 Å². The Bertz CT molecular complexity index is 707. The Balaban J connectivity index is 2.80. The van der Waals surface area contributed by atoms with E-state index in [1.807, 2.05) is 6.92 Å². The minimum Gasteiger partial charge on any atom is -0.352 e. The van der Waals surface area contributed by atoms with Crippen LogP contribution in [0.25, 0.3) is 11.2 Å². The Morgan fingerprint density at radius 3 is 2.83 bits per heavy atom. The fourth-order valence-corrected chi connectivity index (χ4v) is 1.84. The maximum absolute atomic E-state index is 11.8. The summed E-state index contributed by atoms with van der Waals surface area (Å²) in [6.45, 7) is 6.64. The maximum atomic E-state index is 11.8. The number of fused-ring (bicyclic) bond motifs is 1. The summed E-state index contributed by atoms with van der Waals surface area (Å²) in [5.74, 6) is 0.555. The van der Waals surface area contributed by atoms with Gasteiger partial charge in [-0.1, -0.05) is 6.08 Å². The van der Waals surface area contributed by atoms with Crippen LogP contribution in [0, 0.1) is 0 Å². The SMILES string of the molecule is C=CCNc1nc2c(c(=O)[nH]c(=O)n2C)n1CC. The number of aryl methyl sites for hydroxylation is 2. The molecule has 0 aliphatic carbocycles. The van der Waals surface area contributed by atoms with Crippen molar-refractivity contribution in [2.45, 2.75) is 13.5 Å². The summed E-state index contributed by atoms with van der Waals surface area (Å²) in [6, 6.07) is 0. The van der Waals surface area contributed by atoms with Gasteiger partial charge in [0.15, 0.2) is 11.2 Å². The third kappa shape index (κ3) is 1.73. The molecule has 0 atom stereocenters. The van der Waals surface area contributed by atoms with Crippen LogP contribution >= 0.6 is 0 Å².